The molecule has 0 fully saturated rings. The third-order valence-electron chi connectivity index (χ3n) is 4.24. The highest BCUT2D eigenvalue weighted by Gasteiger charge is 2.18. The zero-order valence-corrected chi connectivity index (χ0v) is 16.5. The van der Waals surface area contributed by atoms with Crippen LogP contribution >= 0.6 is 0 Å². The Kier molecular flexibility index (Phi) is 7.38. The standard InChI is InChI=1S/C20H26N2O4S/c1-3-4-13-22(14-15-23)20(24)17-9-11-18(12-10-17)27(25,26)21-19-8-6-5-7-16(19)2/h5-12,21,23H,3-4,13-15H2,1-2H3. The monoisotopic (exact) mass is 390 g/mol. The van der Waals surface area contributed by atoms with Crippen LogP contribution in [0.2, 0.25) is 0 Å². The van der Waals surface area contributed by atoms with E-state index in [-0.39, 0.29) is 24.0 Å². The summed E-state index contributed by atoms with van der Waals surface area (Å²) in [6, 6.07) is 13.0. The molecule has 2 rings (SSSR count). The third kappa shape index (κ3) is 5.55. The molecule has 2 N–H and O–H groups in total. The summed E-state index contributed by atoms with van der Waals surface area (Å²) in [6.45, 7) is 4.56. The van der Waals surface area contributed by atoms with Crippen LogP contribution in [0.15, 0.2) is 53.4 Å². The topological polar surface area (TPSA) is 86.7 Å². The van der Waals surface area contributed by atoms with Gasteiger partial charge in [-0.25, -0.2) is 8.42 Å². The molecule has 0 atom stereocenters. The molecule has 0 aromatic heterocycles. The zero-order valence-electron chi connectivity index (χ0n) is 15.7. The SMILES string of the molecule is CCCCN(CCO)C(=O)c1ccc(S(=O)(=O)Nc2ccccc2C)cc1. The van der Waals surface area contributed by atoms with E-state index >= 15 is 0 Å². The van der Waals surface area contributed by atoms with Crippen LogP contribution in [0.25, 0.3) is 0 Å². The summed E-state index contributed by atoms with van der Waals surface area (Å²) in [5, 5.41) is 9.16. The lowest BCUT2D eigenvalue weighted by atomic mass is 10.2. The fourth-order valence-electron chi connectivity index (χ4n) is 2.63. The van der Waals surface area contributed by atoms with Gasteiger partial charge in [0.25, 0.3) is 15.9 Å². The number of sulfonamides is 1. The Labute approximate surface area is 160 Å². The predicted molar refractivity (Wildman–Crippen MR) is 106 cm³/mol. The molecular weight excluding hydrogens is 364 g/mol. The van der Waals surface area contributed by atoms with Crippen molar-refractivity contribution < 1.29 is 18.3 Å². The zero-order chi connectivity index (χ0) is 19.9. The van der Waals surface area contributed by atoms with Crippen molar-refractivity contribution in [3.05, 3.63) is 59.7 Å². The summed E-state index contributed by atoms with van der Waals surface area (Å²) in [6.07, 6.45) is 1.79. The molecule has 0 aliphatic heterocycles. The molecule has 2 aromatic carbocycles. The molecule has 7 heteroatoms. The lowest BCUT2D eigenvalue weighted by Crippen LogP contribution is -2.34. The first-order chi connectivity index (χ1) is 12.9. The summed E-state index contributed by atoms with van der Waals surface area (Å²) in [7, 11) is -3.74. The first-order valence-corrected chi connectivity index (χ1v) is 10.5. The Balaban J connectivity index is 2.17. The van der Waals surface area contributed by atoms with Gasteiger partial charge in [-0.15, -0.1) is 0 Å². The molecule has 0 spiro atoms. The largest absolute Gasteiger partial charge is 0.395 e. The number of hydrogen-bond acceptors (Lipinski definition) is 4. The highest BCUT2D eigenvalue weighted by atomic mass is 32.2. The number of aliphatic hydroxyl groups excluding tert-OH is 1. The van der Waals surface area contributed by atoms with Gasteiger partial charge in [0.1, 0.15) is 0 Å². The quantitative estimate of drug-likeness (QED) is 0.689. The number of carbonyl (C=O) groups excluding carboxylic acids is 1. The van der Waals surface area contributed by atoms with E-state index in [0.717, 1.165) is 18.4 Å². The number of aliphatic hydroxyl groups is 1. The van der Waals surface area contributed by atoms with Crippen LogP contribution in [0.3, 0.4) is 0 Å². The fraction of sp³-hybridized carbons (Fsp3) is 0.350. The molecule has 1 amide bonds. The maximum atomic E-state index is 12.6. The molecular formula is C20H26N2O4S. The fourth-order valence-corrected chi connectivity index (χ4v) is 3.77. The number of anilines is 1. The van der Waals surface area contributed by atoms with Crippen molar-refractivity contribution in [1.29, 1.82) is 0 Å². The van der Waals surface area contributed by atoms with E-state index in [1.807, 2.05) is 26.0 Å². The first-order valence-electron chi connectivity index (χ1n) is 8.97. The number of amides is 1. The van der Waals surface area contributed by atoms with Crippen molar-refractivity contribution >= 4 is 21.6 Å². The molecule has 0 saturated heterocycles. The number of rotatable bonds is 9. The molecule has 0 unspecified atom stereocenters. The Bertz CT molecular complexity index is 864. The number of nitrogens with zero attached hydrogens (tertiary/aromatic N) is 1. The molecule has 146 valence electrons. The maximum absolute atomic E-state index is 12.6. The van der Waals surface area contributed by atoms with Gasteiger partial charge in [0.05, 0.1) is 17.2 Å². The Hall–Kier alpha value is -2.38. The van der Waals surface area contributed by atoms with Crippen LogP contribution in [0.5, 0.6) is 0 Å². The highest BCUT2D eigenvalue weighted by Crippen LogP contribution is 2.20. The average molecular weight is 391 g/mol. The molecule has 0 saturated carbocycles. The van der Waals surface area contributed by atoms with Crippen LogP contribution in [-0.2, 0) is 10.0 Å². The maximum Gasteiger partial charge on any atom is 0.261 e. The molecule has 27 heavy (non-hydrogen) atoms. The van der Waals surface area contributed by atoms with Gasteiger partial charge in [-0.2, -0.15) is 0 Å². The van der Waals surface area contributed by atoms with Gasteiger partial charge in [-0.1, -0.05) is 31.5 Å². The minimum absolute atomic E-state index is 0.0876. The number of nitrogens with one attached hydrogen (secondary N) is 1. The molecule has 0 radical (unpaired) electrons. The minimum atomic E-state index is -3.74. The predicted octanol–water partition coefficient (Wildman–Crippen LogP) is 3.03. The molecule has 0 aliphatic rings. The van der Waals surface area contributed by atoms with E-state index in [2.05, 4.69) is 4.72 Å². The summed E-state index contributed by atoms with van der Waals surface area (Å²) >= 11 is 0. The van der Waals surface area contributed by atoms with Gasteiger partial charge in [0, 0.05) is 18.7 Å². The van der Waals surface area contributed by atoms with Crippen LogP contribution in [0.1, 0.15) is 35.7 Å². The van der Waals surface area contributed by atoms with Crippen molar-refractivity contribution in [2.24, 2.45) is 0 Å². The lowest BCUT2D eigenvalue weighted by Gasteiger charge is -2.21. The second-order valence-electron chi connectivity index (χ2n) is 6.31. The van der Waals surface area contributed by atoms with E-state index in [4.69, 9.17) is 5.11 Å². The van der Waals surface area contributed by atoms with Crippen LogP contribution < -0.4 is 4.72 Å². The number of aryl methyl sites for hydroxylation is 1. The molecule has 0 bridgehead atoms. The van der Waals surface area contributed by atoms with Gasteiger partial charge < -0.3 is 10.0 Å². The van der Waals surface area contributed by atoms with Crippen molar-refractivity contribution in [3.63, 3.8) is 0 Å². The van der Waals surface area contributed by atoms with Gasteiger partial charge >= 0.3 is 0 Å². The number of para-hydroxylation sites is 1. The van der Waals surface area contributed by atoms with E-state index in [1.54, 1.807) is 17.0 Å². The Morgan fingerprint density at radius 2 is 1.74 bits per heavy atom. The van der Waals surface area contributed by atoms with E-state index < -0.39 is 10.0 Å². The lowest BCUT2D eigenvalue weighted by molar-refractivity contribution is 0.0719. The van der Waals surface area contributed by atoms with E-state index in [1.165, 1.54) is 24.3 Å². The highest BCUT2D eigenvalue weighted by molar-refractivity contribution is 7.92. The smallest absolute Gasteiger partial charge is 0.261 e. The van der Waals surface area contributed by atoms with Gasteiger partial charge in [0.15, 0.2) is 0 Å². The summed E-state index contributed by atoms with van der Waals surface area (Å²) in [5.74, 6) is -0.215. The van der Waals surface area contributed by atoms with Crippen molar-refractivity contribution in [2.75, 3.05) is 24.4 Å². The molecule has 0 heterocycles. The van der Waals surface area contributed by atoms with Crippen LogP contribution in [0, 0.1) is 6.92 Å². The van der Waals surface area contributed by atoms with Crippen LogP contribution in [-0.4, -0.2) is 44.0 Å². The van der Waals surface area contributed by atoms with Crippen LogP contribution in [0.4, 0.5) is 5.69 Å². The van der Waals surface area contributed by atoms with Crippen molar-refractivity contribution in [1.82, 2.24) is 4.90 Å². The molecule has 2 aromatic rings. The summed E-state index contributed by atoms with van der Waals surface area (Å²) in [4.78, 5) is 14.3. The van der Waals surface area contributed by atoms with E-state index in [9.17, 15) is 13.2 Å². The normalized spacial score (nSPS) is 11.2. The Morgan fingerprint density at radius 3 is 2.33 bits per heavy atom. The van der Waals surface area contributed by atoms with Gasteiger partial charge in [-0.05, 0) is 49.2 Å². The van der Waals surface area contributed by atoms with Crippen molar-refractivity contribution in [3.8, 4) is 0 Å². The summed E-state index contributed by atoms with van der Waals surface area (Å²) < 4.78 is 27.7. The number of unbranched alkanes of at least 4 members (excludes halogenated alkanes) is 1. The number of benzene rings is 2. The second kappa shape index (κ2) is 9.53. The average Bonchev–Trinajstić information content (AvgIpc) is 2.66. The first kappa shape index (κ1) is 20.9. The third-order valence-corrected chi connectivity index (χ3v) is 5.62. The van der Waals surface area contributed by atoms with E-state index in [0.29, 0.717) is 17.8 Å². The summed E-state index contributed by atoms with van der Waals surface area (Å²) in [5.41, 5.74) is 1.74. The number of hydrogen-bond donors (Lipinski definition) is 2. The van der Waals surface area contributed by atoms with Crippen molar-refractivity contribution in [2.45, 2.75) is 31.6 Å². The van der Waals surface area contributed by atoms with Gasteiger partial charge in [0.2, 0.25) is 0 Å². The number of carbonyl (C=O) groups is 1. The minimum Gasteiger partial charge on any atom is -0.395 e. The molecule has 6 nitrogen and oxygen atoms in total. The second-order valence-corrected chi connectivity index (χ2v) is 8.00. The Morgan fingerprint density at radius 1 is 1.07 bits per heavy atom. The van der Waals surface area contributed by atoms with Gasteiger partial charge in [-0.3, -0.25) is 9.52 Å². The molecule has 0 aliphatic carbocycles.